The number of hydrogen-bond acceptors (Lipinski definition) is 4. The van der Waals surface area contributed by atoms with Gasteiger partial charge in [0.25, 0.3) is 0 Å². The molecule has 4 N–H and O–H groups in total. The van der Waals surface area contributed by atoms with Crippen LogP contribution in [-0.2, 0) is 0 Å². The van der Waals surface area contributed by atoms with Gasteiger partial charge in [0.2, 0.25) is 0 Å². The molecular formula is C11H19N3O. The van der Waals surface area contributed by atoms with Gasteiger partial charge in [0.15, 0.2) is 0 Å². The van der Waals surface area contributed by atoms with E-state index >= 15 is 0 Å². The smallest absolute Gasteiger partial charge is 0.149 e. The normalized spacial score (nSPS) is 12.9. The van der Waals surface area contributed by atoms with E-state index in [2.05, 4.69) is 10.3 Å². The predicted molar refractivity (Wildman–Crippen MR) is 62.7 cm³/mol. The monoisotopic (exact) mass is 209 g/mol. The molecule has 1 aromatic heterocycles. The molecule has 1 unspecified atom stereocenters. The number of nitrogens with zero attached hydrogens (tertiary/aromatic N) is 1. The molecule has 0 spiro atoms. The van der Waals surface area contributed by atoms with E-state index in [0.717, 1.165) is 5.56 Å². The zero-order valence-corrected chi connectivity index (χ0v) is 9.49. The van der Waals surface area contributed by atoms with Crippen molar-refractivity contribution in [2.75, 3.05) is 17.6 Å². The highest BCUT2D eigenvalue weighted by Gasteiger charge is 2.10. The Kier molecular flexibility index (Phi) is 3.91. The van der Waals surface area contributed by atoms with Gasteiger partial charge in [-0.25, -0.2) is 4.98 Å². The van der Waals surface area contributed by atoms with Gasteiger partial charge < -0.3 is 16.2 Å². The van der Waals surface area contributed by atoms with Crippen molar-refractivity contribution in [3.63, 3.8) is 0 Å². The molecule has 0 aliphatic rings. The fraction of sp³-hybridized carbons (Fsp3) is 0.545. The van der Waals surface area contributed by atoms with Crippen LogP contribution in [0.4, 0.5) is 11.5 Å². The van der Waals surface area contributed by atoms with E-state index in [-0.39, 0.29) is 12.0 Å². The molecule has 1 rings (SSSR count). The summed E-state index contributed by atoms with van der Waals surface area (Å²) in [5, 5.41) is 12.7. The third kappa shape index (κ3) is 3.09. The topological polar surface area (TPSA) is 71.2 Å². The summed E-state index contributed by atoms with van der Waals surface area (Å²) in [5.41, 5.74) is 7.48. The Hall–Kier alpha value is -1.29. The van der Waals surface area contributed by atoms with Crippen molar-refractivity contribution < 1.29 is 5.11 Å². The second kappa shape index (κ2) is 4.98. The highest BCUT2D eigenvalue weighted by Crippen LogP contribution is 2.18. The highest BCUT2D eigenvalue weighted by molar-refractivity contribution is 5.64. The number of aryl methyl sites for hydroxylation is 1. The Morgan fingerprint density at radius 3 is 2.80 bits per heavy atom. The van der Waals surface area contributed by atoms with Crippen LogP contribution in [0.1, 0.15) is 19.4 Å². The molecule has 0 aliphatic heterocycles. The maximum atomic E-state index is 9.62. The number of aromatic nitrogens is 1. The second-order valence-electron chi connectivity index (χ2n) is 4.08. The summed E-state index contributed by atoms with van der Waals surface area (Å²) in [7, 11) is 0. The zero-order valence-electron chi connectivity index (χ0n) is 9.49. The summed E-state index contributed by atoms with van der Waals surface area (Å²) in [6.07, 6.45) is 1.32. The summed E-state index contributed by atoms with van der Waals surface area (Å²) in [4.78, 5) is 4.12. The first-order valence-electron chi connectivity index (χ1n) is 5.15. The fourth-order valence-electron chi connectivity index (χ4n) is 1.15. The number of rotatable bonds is 4. The number of anilines is 2. The van der Waals surface area contributed by atoms with Gasteiger partial charge in [-0.3, -0.25) is 0 Å². The summed E-state index contributed by atoms with van der Waals surface area (Å²) in [5.74, 6) is 0.873. The lowest BCUT2D eigenvalue weighted by atomic mass is 10.1. The minimum Gasteiger partial charge on any atom is -0.396 e. The van der Waals surface area contributed by atoms with Crippen molar-refractivity contribution >= 4 is 11.5 Å². The van der Waals surface area contributed by atoms with Crippen molar-refractivity contribution in [3.8, 4) is 0 Å². The van der Waals surface area contributed by atoms with Crippen LogP contribution >= 0.6 is 0 Å². The van der Waals surface area contributed by atoms with Crippen LogP contribution in [0, 0.1) is 12.8 Å². The van der Waals surface area contributed by atoms with Crippen LogP contribution < -0.4 is 11.1 Å². The molecule has 4 heteroatoms. The number of aliphatic hydroxyl groups excluding tert-OH is 1. The molecular weight excluding hydrogens is 190 g/mol. The van der Waals surface area contributed by atoms with Gasteiger partial charge in [0.1, 0.15) is 5.82 Å². The first-order valence-corrected chi connectivity index (χ1v) is 5.15. The average molecular weight is 209 g/mol. The lowest BCUT2D eigenvalue weighted by Crippen LogP contribution is -2.25. The Balaban J connectivity index is 2.62. The number of hydrogen-bond donors (Lipinski definition) is 3. The Bertz CT molecular complexity index is 326. The van der Waals surface area contributed by atoms with Gasteiger partial charge in [-0.2, -0.15) is 0 Å². The lowest BCUT2D eigenvalue weighted by molar-refractivity contribution is 0.138. The van der Waals surface area contributed by atoms with Crippen molar-refractivity contribution in [1.29, 1.82) is 0 Å². The molecule has 4 nitrogen and oxygen atoms in total. The molecule has 0 amide bonds. The third-order valence-electron chi connectivity index (χ3n) is 2.46. The number of nitrogens with one attached hydrogen (secondary N) is 1. The molecule has 0 aromatic carbocycles. The predicted octanol–water partition coefficient (Wildman–Crippen LogP) is 1.40. The van der Waals surface area contributed by atoms with E-state index in [4.69, 9.17) is 5.73 Å². The van der Waals surface area contributed by atoms with Crippen molar-refractivity contribution in [1.82, 2.24) is 4.98 Å². The Morgan fingerprint density at radius 2 is 2.20 bits per heavy atom. The van der Waals surface area contributed by atoms with Crippen molar-refractivity contribution in [3.05, 3.63) is 17.8 Å². The number of pyridine rings is 1. The maximum absolute atomic E-state index is 9.62. The average Bonchev–Trinajstić information content (AvgIpc) is 2.19. The molecule has 0 saturated carbocycles. The van der Waals surface area contributed by atoms with Crippen LogP contribution in [0.5, 0.6) is 0 Å². The standard InChI is InChI=1S/C11H19N3O/c1-7(2)9(15)6-14-11-10(12)8(3)4-5-13-11/h4-5,7,9,15H,6,12H2,1-3H3,(H,13,14). The van der Waals surface area contributed by atoms with E-state index in [1.807, 2.05) is 26.8 Å². The van der Waals surface area contributed by atoms with E-state index in [0.29, 0.717) is 18.1 Å². The SMILES string of the molecule is Cc1ccnc(NCC(O)C(C)C)c1N. The van der Waals surface area contributed by atoms with Gasteiger partial charge in [-0.1, -0.05) is 13.8 Å². The zero-order chi connectivity index (χ0) is 11.4. The first kappa shape index (κ1) is 11.8. The maximum Gasteiger partial charge on any atom is 0.149 e. The molecule has 0 saturated heterocycles. The minimum absolute atomic E-state index is 0.225. The van der Waals surface area contributed by atoms with Crippen LogP contribution in [0.15, 0.2) is 12.3 Å². The van der Waals surface area contributed by atoms with Crippen LogP contribution in [0.25, 0.3) is 0 Å². The Morgan fingerprint density at radius 1 is 1.53 bits per heavy atom. The minimum atomic E-state index is -0.383. The molecule has 1 aromatic rings. The van der Waals surface area contributed by atoms with Crippen LogP contribution in [-0.4, -0.2) is 22.7 Å². The molecule has 1 heterocycles. The molecule has 0 bridgehead atoms. The summed E-state index contributed by atoms with van der Waals surface area (Å²) in [6.45, 7) is 6.35. The molecule has 1 atom stereocenters. The van der Waals surface area contributed by atoms with Crippen LogP contribution in [0.3, 0.4) is 0 Å². The molecule has 0 fully saturated rings. The Labute approximate surface area is 90.5 Å². The van der Waals surface area contributed by atoms with Crippen molar-refractivity contribution in [2.45, 2.75) is 26.9 Å². The van der Waals surface area contributed by atoms with Gasteiger partial charge in [0.05, 0.1) is 11.8 Å². The highest BCUT2D eigenvalue weighted by atomic mass is 16.3. The van der Waals surface area contributed by atoms with E-state index in [1.54, 1.807) is 6.20 Å². The molecule has 15 heavy (non-hydrogen) atoms. The number of aliphatic hydroxyl groups is 1. The third-order valence-corrected chi connectivity index (χ3v) is 2.46. The lowest BCUT2D eigenvalue weighted by Gasteiger charge is -2.16. The van der Waals surface area contributed by atoms with E-state index in [1.165, 1.54) is 0 Å². The molecule has 0 radical (unpaired) electrons. The van der Waals surface area contributed by atoms with Gasteiger partial charge in [-0.05, 0) is 24.5 Å². The van der Waals surface area contributed by atoms with E-state index < -0.39 is 0 Å². The largest absolute Gasteiger partial charge is 0.396 e. The van der Waals surface area contributed by atoms with Crippen LogP contribution in [0.2, 0.25) is 0 Å². The molecule has 84 valence electrons. The number of nitrogen functional groups attached to an aromatic ring is 1. The first-order chi connectivity index (χ1) is 7.02. The summed E-state index contributed by atoms with van der Waals surface area (Å²) < 4.78 is 0. The van der Waals surface area contributed by atoms with Crippen molar-refractivity contribution in [2.24, 2.45) is 5.92 Å². The summed E-state index contributed by atoms with van der Waals surface area (Å²) in [6, 6.07) is 1.86. The number of nitrogens with two attached hydrogens (primary N) is 1. The van der Waals surface area contributed by atoms with Gasteiger partial charge in [0, 0.05) is 12.7 Å². The van der Waals surface area contributed by atoms with Gasteiger partial charge in [-0.15, -0.1) is 0 Å². The molecule has 0 aliphatic carbocycles. The fourth-order valence-corrected chi connectivity index (χ4v) is 1.15. The summed E-state index contributed by atoms with van der Waals surface area (Å²) >= 11 is 0. The van der Waals surface area contributed by atoms with Gasteiger partial charge >= 0.3 is 0 Å². The second-order valence-corrected chi connectivity index (χ2v) is 4.08. The van der Waals surface area contributed by atoms with E-state index in [9.17, 15) is 5.11 Å². The quantitative estimate of drug-likeness (QED) is 0.701.